The molecule has 0 saturated carbocycles. The molecule has 0 radical (unpaired) electrons. The van der Waals surface area contributed by atoms with E-state index in [9.17, 15) is 4.79 Å². The normalized spacial score (nSPS) is 26.5. The average molecular weight is 323 g/mol. The molecule has 2 atom stereocenters. The standard InChI is InChI=1S/C16H25N3O2S/c1-3-4-15-17-9-14(22-15)16(20)19-10-12(2)13(11-19)18-5-7-21-8-6-18/h9,12-13H,3-8,10-11H2,1-2H3. The molecule has 6 heteroatoms. The number of likely N-dealkylation sites (tertiary alicyclic amines) is 1. The van der Waals surface area contributed by atoms with Gasteiger partial charge in [0.05, 0.1) is 24.4 Å². The Labute approximate surface area is 136 Å². The Balaban J connectivity index is 1.63. The Kier molecular flexibility index (Phi) is 5.10. The summed E-state index contributed by atoms with van der Waals surface area (Å²) in [6.45, 7) is 9.67. The van der Waals surface area contributed by atoms with Crippen LogP contribution in [-0.2, 0) is 11.2 Å². The topological polar surface area (TPSA) is 45.7 Å². The number of ether oxygens (including phenoxy) is 1. The van der Waals surface area contributed by atoms with E-state index in [0.717, 1.165) is 62.1 Å². The van der Waals surface area contributed by atoms with E-state index >= 15 is 0 Å². The van der Waals surface area contributed by atoms with Gasteiger partial charge in [-0.05, 0) is 18.8 Å². The van der Waals surface area contributed by atoms with Crippen molar-refractivity contribution in [1.29, 1.82) is 0 Å². The second-order valence-corrected chi connectivity index (χ2v) is 7.39. The Hall–Kier alpha value is -0.980. The van der Waals surface area contributed by atoms with Gasteiger partial charge in [-0.25, -0.2) is 4.98 Å². The van der Waals surface area contributed by atoms with Gasteiger partial charge in [0.2, 0.25) is 0 Å². The highest BCUT2D eigenvalue weighted by atomic mass is 32.1. The first-order chi connectivity index (χ1) is 10.7. The smallest absolute Gasteiger partial charge is 0.265 e. The van der Waals surface area contributed by atoms with E-state index in [0.29, 0.717) is 12.0 Å². The van der Waals surface area contributed by atoms with Crippen LogP contribution in [0.1, 0.15) is 34.9 Å². The van der Waals surface area contributed by atoms with E-state index in [2.05, 4.69) is 23.7 Å². The number of thiazole rings is 1. The largest absolute Gasteiger partial charge is 0.379 e. The fraction of sp³-hybridized carbons (Fsp3) is 0.750. The first kappa shape index (κ1) is 15.9. The highest BCUT2D eigenvalue weighted by Crippen LogP contribution is 2.25. The van der Waals surface area contributed by atoms with Crippen LogP contribution in [0.4, 0.5) is 0 Å². The van der Waals surface area contributed by atoms with Gasteiger partial charge in [0.1, 0.15) is 4.88 Å². The molecule has 3 rings (SSSR count). The quantitative estimate of drug-likeness (QED) is 0.849. The first-order valence-corrected chi connectivity index (χ1v) is 9.06. The summed E-state index contributed by atoms with van der Waals surface area (Å²) in [7, 11) is 0. The summed E-state index contributed by atoms with van der Waals surface area (Å²) in [5.74, 6) is 0.674. The van der Waals surface area contributed by atoms with Crippen molar-refractivity contribution >= 4 is 17.2 Å². The van der Waals surface area contributed by atoms with E-state index in [1.54, 1.807) is 17.5 Å². The molecule has 2 saturated heterocycles. The molecule has 1 aromatic rings. The molecular weight excluding hydrogens is 298 g/mol. The summed E-state index contributed by atoms with van der Waals surface area (Å²) in [5, 5.41) is 1.07. The highest BCUT2D eigenvalue weighted by Gasteiger charge is 2.37. The van der Waals surface area contributed by atoms with Crippen molar-refractivity contribution in [1.82, 2.24) is 14.8 Å². The molecule has 2 aliphatic rings. The van der Waals surface area contributed by atoms with Crippen LogP contribution in [0, 0.1) is 5.92 Å². The monoisotopic (exact) mass is 323 g/mol. The molecule has 2 unspecified atom stereocenters. The summed E-state index contributed by atoms with van der Waals surface area (Å²) in [6.07, 6.45) is 3.79. The van der Waals surface area contributed by atoms with Crippen LogP contribution in [0.25, 0.3) is 0 Å². The van der Waals surface area contributed by atoms with Crippen molar-refractivity contribution in [3.8, 4) is 0 Å². The van der Waals surface area contributed by atoms with Gasteiger partial charge >= 0.3 is 0 Å². The van der Waals surface area contributed by atoms with Crippen molar-refractivity contribution in [2.24, 2.45) is 5.92 Å². The Morgan fingerprint density at radius 3 is 2.91 bits per heavy atom. The number of nitrogens with zero attached hydrogens (tertiary/aromatic N) is 3. The van der Waals surface area contributed by atoms with E-state index in [1.165, 1.54) is 0 Å². The maximum atomic E-state index is 12.7. The van der Waals surface area contributed by atoms with Crippen molar-refractivity contribution in [3.63, 3.8) is 0 Å². The maximum absolute atomic E-state index is 12.7. The molecule has 1 amide bonds. The number of hydrogen-bond acceptors (Lipinski definition) is 5. The molecule has 2 fully saturated rings. The van der Waals surface area contributed by atoms with Crippen LogP contribution >= 0.6 is 11.3 Å². The van der Waals surface area contributed by atoms with Crippen molar-refractivity contribution < 1.29 is 9.53 Å². The van der Waals surface area contributed by atoms with Crippen molar-refractivity contribution in [2.45, 2.75) is 32.7 Å². The molecule has 22 heavy (non-hydrogen) atoms. The summed E-state index contributed by atoms with van der Waals surface area (Å²) in [6, 6.07) is 0.468. The van der Waals surface area contributed by atoms with Crippen molar-refractivity contribution in [2.75, 3.05) is 39.4 Å². The molecule has 0 spiro atoms. The first-order valence-electron chi connectivity index (χ1n) is 8.24. The van der Waals surface area contributed by atoms with Crippen LogP contribution in [0.5, 0.6) is 0 Å². The summed E-state index contributed by atoms with van der Waals surface area (Å²) < 4.78 is 5.44. The van der Waals surface area contributed by atoms with Gasteiger partial charge in [0.15, 0.2) is 0 Å². The van der Waals surface area contributed by atoms with Crippen LogP contribution in [0.2, 0.25) is 0 Å². The lowest BCUT2D eigenvalue weighted by Gasteiger charge is -2.33. The van der Waals surface area contributed by atoms with Gasteiger partial charge in [-0.2, -0.15) is 0 Å². The van der Waals surface area contributed by atoms with E-state index in [1.807, 2.05) is 4.90 Å². The lowest BCUT2D eigenvalue weighted by molar-refractivity contribution is 0.0119. The average Bonchev–Trinajstić information content (AvgIpc) is 3.15. The molecule has 3 heterocycles. The third kappa shape index (κ3) is 3.34. The summed E-state index contributed by atoms with van der Waals surface area (Å²) >= 11 is 1.55. The van der Waals surface area contributed by atoms with Gasteiger partial charge in [-0.3, -0.25) is 9.69 Å². The Bertz CT molecular complexity index is 513. The fourth-order valence-corrected chi connectivity index (χ4v) is 4.38. The second kappa shape index (κ2) is 7.06. The number of carbonyl (C=O) groups is 1. The molecule has 2 aliphatic heterocycles. The van der Waals surface area contributed by atoms with Crippen LogP contribution in [-0.4, -0.2) is 66.1 Å². The Morgan fingerprint density at radius 2 is 2.18 bits per heavy atom. The van der Waals surface area contributed by atoms with Crippen LogP contribution < -0.4 is 0 Å². The van der Waals surface area contributed by atoms with Crippen molar-refractivity contribution in [3.05, 3.63) is 16.1 Å². The SMILES string of the molecule is CCCc1ncc(C(=O)N2CC(C)C(N3CCOCC3)C2)s1. The second-order valence-electron chi connectivity index (χ2n) is 6.27. The number of morpholine rings is 1. The minimum atomic E-state index is 0.155. The maximum Gasteiger partial charge on any atom is 0.265 e. The van der Waals surface area contributed by atoms with Gasteiger partial charge in [0, 0.05) is 32.2 Å². The van der Waals surface area contributed by atoms with Crippen LogP contribution in [0.3, 0.4) is 0 Å². The number of amides is 1. The molecule has 1 aromatic heterocycles. The van der Waals surface area contributed by atoms with Gasteiger partial charge in [-0.15, -0.1) is 11.3 Å². The molecular formula is C16H25N3O2S. The molecule has 0 N–H and O–H groups in total. The number of carbonyl (C=O) groups excluding carboxylic acids is 1. The summed E-state index contributed by atoms with van der Waals surface area (Å²) in [4.78, 5) is 22.3. The highest BCUT2D eigenvalue weighted by molar-refractivity contribution is 7.13. The lowest BCUT2D eigenvalue weighted by Crippen LogP contribution is -2.47. The zero-order valence-corrected chi connectivity index (χ0v) is 14.3. The summed E-state index contributed by atoms with van der Waals surface area (Å²) in [5.41, 5.74) is 0. The number of aryl methyl sites for hydroxylation is 1. The zero-order valence-electron chi connectivity index (χ0n) is 13.5. The number of aromatic nitrogens is 1. The third-order valence-corrected chi connectivity index (χ3v) is 5.65. The minimum Gasteiger partial charge on any atom is -0.379 e. The lowest BCUT2D eigenvalue weighted by atomic mass is 10.0. The van der Waals surface area contributed by atoms with Gasteiger partial charge < -0.3 is 9.64 Å². The Morgan fingerprint density at radius 1 is 1.41 bits per heavy atom. The minimum absolute atomic E-state index is 0.155. The molecule has 5 nitrogen and oxygen atoms in total. The van der Waals surface area contributed by atoms with E-state index in [4.69, 9.17) is 4.74 Å². The molecule has 0 aliphatic carbocycles. The number of rotatable bonds is 4. The molecule has 122 valence electrons. The predicted octanol–water partition coefficient (Wildman–Crippen LogP) is 1.89. The number of hydrogen-bond donors (Lipinski definition) is 0. The zero-order chi connectivity index (χ0) is 15.5. The fourth-order valence-electron chi connectivity index (χ4n) is 3.39. The van der Waals surface area contributed by atoms with Gasteiger partial charge in [0.25, 0.3) is 5.91 Å². The van der Waals surface area contributed by atoms with E-state index in [-0.39, 0.29) is 5.91 Å². The van der Waals surface area contributed by atoms with E-state index < -0.39 is 0 Å². The molecule has 0 aromatic carbocycles. The third-order valence-electron chi connectivity index (χ3n) is 4.60. The van der Waals surface area contributed by atoms with Crippen LogP contribution in [0.15, 0.2) is 6.20 Å². The van der Waals surface area contributed by atoms with Gasteiger partial charge in [-0.1, -0.05) is 13.8 Å². The predicted molar refractivity (Wildman–Crippen MR) is 87.4 cm³/mol. The molecule has 0 bridgehead atoms.